The Hall–Kier alpha value is -1.03. The van der Waals surface area contributed by atoms with E-state index in [1.807, 2.05) is 6.92 Å². The van der Waals surface area contributed by atoms with E-state index >= 15 is 0 Å². The van der Waals surface area contributed by atoms with Crippen molar-refractivity contribution in [2.24, 2.45) is 5.92 Å². The zero-order valence-electron chi connectivity index (χ0n) is 10.4. The van der Waals surface area contributed by atoms with E-state index in [0.717, 1.165) is 31.0 Å². The Morgan fingerprint density at radius 1 is 1.33 bits per heavy atom. The van der Waals surface area contributed by atoms with Crippen molar-refractivity contribution in [1.82, 2.24) is 5.32 Å². The van der Waals surface area contributed by atoms with Gasteiger partial charge in [0.1, 0.15) is 0 Å². The van der Waals surface area contributed by atoms with E-state index in [1.165, 1.54) is 18.6 Å². The molecule has 1 atom stereocenters. The molecule has 1 unspecified atom stereocenters. The van der Waals surface area contributed by atoms with Crippen LogP contribution < -0.4 is 5.32 Å². The minimum absolute atomic E-state index is 0.0612. The summed E-state index contributed by atoms with van der Waals surface area (Å²) in [5, 5.41) is 3.31. The van der Waals surface area contributed by atoms with Gasteiger partial charge in [-0.15, -0.1) is 0 Å². The van der Waals surface area contributed by atoms with Crippen molar-refractivity contribution in [1.29, 1.82) is 0 Å². The van der Waals surface area contributed by atoms with Crippen LogP contribution in [-0.4, -0.2) is 6.54 Å². The summed E-state index contributed by atoms with van der Waals surface area (Å²) in [4.78, 5) is 0. The summed E-state index contributed by atoms with van der Waals surface area (Å²) in [6.07, 6.45) is -0.861. The van der Waals surface area contributed by atoms with E-state index in [1.54, 1.807) is 6.07 Å². The molecule has 100 valence electrons. The van der Waals surface area contributed by atoms with E-state index in [4.69, 9.17) is 0 Å². The van der Waals surface area contributed by atoms with E-state index in [9.17, 15) is 13.2 Å². The van der Waals surface area contributed by atoms with Gasteiger partial charge < -0.3 is 5.32 Å². The van der Waals surface area contributed by atoms with Crippen LogP contribution in [0.5, 0.6) is 0 Å². The molecule has 1 aromatic rings. The van der Waals surface area contributed by atoms with E-state index in [0.29, 0.717) is 5.92 Å². The highest BCUT2D eigenvalue weighted by Crippen LogP contribution is 2.39. The van der Waals surface area contributed by atoms with Gasteiger partial charge in [0.25, 0.3) is 0 Å². The predicted molar refractivity (Wildman–Crippen MR) is 65.2 cm³/mol. The molecule has 0 heterocycles. The fraction of sp³-hybridized carbons (Fsp3) is 0.571. The standard InChI is InChI=1S/C14H18F3N/c1-2-18-13(10-5-3-6-10)11-7-4-8-12(9-11)14(15,16)17/h4,7-10,13,18H,2-3,5-6H2,1H3. The third-order valence-corrected chi connectivity index (χ3v) is 3.62. The Morgan fingerprint density at radius 3 is 2.56 bits per heavy atom. The van der Waals surface area contributed by atoms with Crippen LogP contribution in [-0.2, 0) is 6.18 Å². The van der Waals surface area contributed by atoms with Gasteiger partial charge in [-0.1, -0.05) is 25.5 Å². The van der Waals surface area contributed by atoms with Gasteiger partial charge in [-0.05, 0) is 43.0 Å². The lowest BCUT2D eigenvalue weighted by molar-refractivity contribution is -0.137. The summed E-state index contributed by atoms with van der Waals surface area (Å²) in [6.45, 7) is 2.76. The van der Waals surface area contributed by atoms with Crippen molar-refractivity contribution >= 4 is 0 Å². The molecule has 1 fully saturated rings. The van der Waals surface area contributed by atoms with Crippen molar-refractivity contribution in [2.45, 2.75) is 38.4 Å². The SMILES string of the molecule is CCNC(c1cccc(C(F)(F)F)c1)C1CCC1. The number of hydrogen-bond donors (Lipinski definition) is 1. The van der Waals surface area contributed by atoms with Gasteiger partial charge in [-0.25, -0.2) is 0 Å². The summed E-state index contributed by atoms with van der Waals surface area (Å²) in [5.74, 6) is 0.480. The maximum atomic E-state index is 12.7. The van der Waals surface area contributed by atoms with Gasteiger partial charge in [0.15, 0.2) is 0 Å². The second kappa shape index (κ2) is 5.31. The summed E-state index contributed by atoms with van der Waals surface area (Å²) < 4.78 is 38.1. The number of hydrogen-bond acceptors (Lipinski definition) is 1. The van der Waals surface area contributed by atoms with Gasteiger partial charge in [-0.2, -0.15) is 13.2 Å². The average molecular weight is 257 g/mol. The Balaban J connectivity index is 2.24. The lowest BCUT2D eigenvalue weighted by atomic mass is 9.77. The molecule has 0 radical (unpaired) electrons. The first-order valence-corrected chi connectivity index (χ1v) is 6.43. The molecular weight excluding hydrogens is 239 g/mol. The smallest absolute Gasteiger partial charge is 0.310 e. The molecule has 1 aromatic carbocycles. The summed E-state index contributed by atoms with van der Waals surface area (Å²) in [7, 11) is 0. The topological polar surface area (TPSA) is 12.0 Å². The minimum Gasteiger partial charge on any atom is -0.310 e. The Morgan fingerprint density at radius 2 is 2.06 bits per heavy atom. The molecular formula is C14H18F3N. The number of rotatable bonds is 4. The number of halogens is 3. The average Bonchev–Trinajstić information content (AvgIpc) is 2.25. The van der Waals surface area contributed by atoms with Gasteiger partial charge in [0.2, 0.25) is 0 Å². The Kier molecular flexibility index (Phi) is 3.95. The second-order valence-electron chi connectivity index (χ2n) is 4.85. The lowest BCUT2D eigenvalue weighted by Gasteiger charge is -2.35. The number of alkyl halides is 3. The zero-order chi connectivity index (χ0) is 13.2. The normalized spacial score (nSPS) is 18.4. The van der Waals surface area contributed by atoms with Crippen LogP contribution in [0.4, 0.5) is 13.2 Å². The largest absolute Gasteiger partial charge is 0.416 e. The highest BCUT2D eigenvalue weighted by atomic mass is 19.4. The fourth-order valence-corrected chi connectivity index (χ4v) is 2.46. The van der Waals surface area contributed by atoms with Crippen LogP contribution in [0.1, 0.15) is 43.4 Å². The van der Waals surface area contributed by atoms with E-state index < -0.39 is 11.7 Å². The zero-order valence-corrected chi connectivity index (χ0v) is 10.4. The molecule has 0 aliphatic heterocycles. The molecule has 0 aromatic heterocycles. The van der Waals surface area contributed by atoms with Gasteiger partial charge in [-0.3, -0.25) is 0 Å². The minimum atomic E-state index is -4.26. The van der Waals surface area contributed by atoms with Crippen LogP contribution in [0.3, 0.4) is 0 Å². The molecule has 2 rings (SSSR count). The van der Waals surface area contributed by atoms with Crippen LogP contribution in [0.15, 0.2) is 24.3 Å². The molecule has 0 amide bonds. The van der Waals surface area contributed by atoms with Crippen LogP contribution in [0.2, 0.25) is 0 Å². The third kappa shape index (κ3) is 2.86. The van der Waals surface area contributed by atoms with Crippen molar-refractivity contribution < 1.29 is 13.2 Å². The summed E-state index contributed by atoms with van der Waals surface area (Å²) >= 11 is 0. The summed E-state index contributed by atoms with van der Waals surface area (Å²) in [6, 6.07) is 5.77. The molecule has 1 saturated carbocycles. The first kappa shape index (κ1) is 13.4. The highest BCUT2D eigenvalue weighted by Gasteiger charge is 2.33. The van der Waals surface area contributed by atoms with Gasteiger partial charge >= 0.3 is 6.18 Å². The maximum Gasteiger partial charge on any atom is 0.416 e. The molecule has 1 nitrogen and oxygen atoms in total. The third-order valence-electron chi connectivity index (χ3n) is 3.62. The molecule has 18 heavy (non-hydrogen) atoms. The quantitative estimate of drug-likeness (QED) is 0.854. The van der Waals surface area contributed by atoms with E-state index in [-0.39, 0.29) is 6.04 Å². The highest BCUT2D eigenvalue weighted by molar-refractivity contribution is 5.28. The molecule has 1 aliphatic carbocycles. The number of nitrogens with one attached hydrogen (secondary N) is 1. The van der Waals surface area contributed by atoms with Gasteiger partial charge in [0, 0.05) is 6.04 Å². The van der Waals surface area contributed by atoms with Crippen molar-refractivity contribution in [2.75, 3.05) is 6.54 Å². The van der Waals surface area contributed by atoms with Crippen molar-refractivity contribution in [3.63, 3.8) is 0 Å². The molecule has 1 N–H and O–H groups in total. The molecule has 4 heteroatoms. The maximum absolute atomic E-state index is 12.7. The van der Waals surface area contributed by atoms with Gasteiger partial charge in [0.05, 0.1) is 5.56 Å². The second-order valence-corrected chi connectivity index (χ2v) is 4.85. The fourth-order valence-electron chi connectivity index (χ4n) is 2.46. The first-order valence-electron chi connectivity index (χ1n) is 6.43. The Bertz CT molecular complexity index is 396. The molecule has 0 spiro atoms. The monoisotopic (exact) mass is 257 g/mol. The van der Waals surface area contributed by atoms with Crippen LogP contribution >= 0.6 is 0 Å². The van der Waals surface area contributed by atoms with Crippen LogP contribution in [0.25, 0.3) is 0 Å². The van der Waals surface area contributed by atoms with Crippen molar-refractivity contribution in [3.8, 4) is 0 Å². The molecule has 0 bridgehead atoms. The predicted octanol–water partition coefficient (Wildman–Crippen LogP) is 4.16. The molecule has 1 aliphatic rings. The van der Waals surface area contributed by atoms with Crippen LogP contribution in [0, 0.1) is 5.92 Å². The van der Waals surface area contributed by atoms with Crippen molar-refractivity contribution in [3.05, 3.63) is 35.4 Å². The first-order chi connectivity index (χ1) is 8.52. The number of benzene rings is 1. The lowest BCUT2D eigenvalue weighted by Crippen LogP contribution is -2.32. The Labute approximate surface area is 105 Å². The molecule has 0 saturated heterocycles. The van der Waals surface area contributed by atoms with E-state index in [2.05, 4.69) is 5.32 Å². The summed E-state index contributed by atoms with van der Waals surface area (Å²) in [5.41, 5.74) is 0.207.